The molecule has 72 heavy (non-hydrogen) atoms. The number of nitrogens with zero attached hydrogens (tertiary/aromatic N) is 9. The number of amides is 3. The average Bonchev–Trinajstić information content (AvgIpc) is 3.83. The highest BCUT2D eigenvalue weighted by molar-refractivity contribution is 6.00. The molecule has 3 atom stereocenters. The molecule has 6 aromatic rings. The summed E-state index contributed by atoms with van der Waals surface area (Å²) >= 11 is 0. The van der Waals surface area contributed by atoms with E-state index < -0.39 is 17.8 Å². The van der Waals surface area contributed by atoms with Crippen LogP contribution in [-0.4, -0.2) is 126 Å². The van der Waals surface area contributed by atoms with E-state index in [1.165, 1.54) is 27.5 Å². The molecular weight excluding hydrogens is 921 g/mol. The first kappa shape index (κ1) is 48.8. The second kappa shape index (κ2) is 19.7. The zero-order valence-electron chi connectivity index (χ0n) is 41.9. The van der Waals surface area contributed by atoms with Gasteiger partial charge >= 0.3 is 5.69 Å². The second-order valence-electron chi connectivity index (χ2n) is 20.3. The predicted octanol–water partition coefficient (Wildman–Crippen LogP) is 5.89. The number of pyridine rings is 2. The summed E-state index contributed by atoms with van der Waals surface area (Å²) in [5, 5.41) is 5.82. The number of hydrogen-bond acceptors (Lipinski definition) is 10. The van der Waals surface area contributed by atoms with Crippen LogP contribution in [0.5, 0.6) is 0 Å². The third kappa shape index (κ3) is 9.08. The Morgan fingerprint density at radius 2 is 1.69 bits per heavy atom. The zero-order valence-corrected chi connectivity index (χ0v) is 41.9. The van der Waals surface area contributed by atoms with E-state index in [0.29, 0.717) is 79.0 Å². The van der Waals surface area contributed by atoms with Crippen LogP contribution in [0.4, 0.5) is 14.5 Å². The maximum absolute atomic E-state index is 16.1. The molecule has 0 aliphatic carbocycles. The molecule has 0 radical (unpaired) electrons. The van der Waals surface area contributed by atoms with Gasteiger partial charge in [-0.1, -0.05) is 12.1 Å². The number of aromatic nitrogens is 5. The molecule has 3 amide bonds. The Bertz CT molecular complexity index is 3270. The maximum Gasteiger partial charge on any atom is 0.329 e. The van der Waals surface area contributed by atoms with Gasteiger partial charge in [-0.05, 0) is 105 Å². The number of rotatable bonds is 11. The molecular formula is C54H63F2N11O5. The minimum Gasteiger partial charge on any atom is -0.386 e. The Morgan fingerprint density at radius 1 is 0.903 bits per heavy atom. The van der Waals surface area contributed by atoms with Crippen molar-refractivity contribution in [3.8, 4) is 5.69 Å². The van der Waals surface area contributed by atoms with Crippen molar-refractivity contribution in [2.75, 3.05) is 64.7 Å². The summed E-state index contributed by atoms with van der Waals surface area (Å²) in [6.07, 6.45) is 7.80. The fourth-order valence-electron chi connectivity index (χ4n) is 11.8. The summed E-state index contributed by atoms with van der Waals surface area (Å²) in [5.74, 6) is -1.35. The van der Waals surface area contributed by atoms with Gasteiger partial charge in [0.2, 0.25) is 11.8 Å². The molecule has 10 rings (SSSR count). The molecule has 0 spiro atoms. The number of halogens is 2. The number of piperidine rings is 2. The lowest BCUT2D eigenvalue weighted by Crippen LogP contribution is -2.53. The highest BCUT2D eigenvalue weighted by Crippen LogP contribution is 2.35. The Morgan fingerprint density at radius 3 is 2.40 bits per heavy atom. The van der Waals surface area contributed by atoms with Gasteiger partial charge in [0.25, 0.3) is 11.5 Å². The van der Waals surface area contributed by atoms with Crippen LogP contribution in [0.1, 0.15) is 90.8 Å². The van der Waals surface area contributed by atoms with Crippen LogP contribution in [0.15, 0.2) is 76.6 Å². The van der Waals surface area contributed by atoms with Crippen LogP contribution in [0, 0.1) is 24.5 Å². The summed E-state index contributed by atoms with van der Waals surface area (Å²) in [6.45, 7) is 13.2. The Kier molecular flexibility index (Phi) is 13.4. The SMILES string of the molecule is CNc1cc(=O)n(-c2ccnc3c2cc([C@H](C)N2CC=C(c4c(C)cc(C(=O)N5CCC(CN6CCN(Cc7ccc8c(c7)n(C)c(=O)n8[C@@H]7CCC(=O)NC7=O)C[C@@H]6C)CC5)cc4F)CC2)n3C)cc1F. The van der Waals surface area contributed by atoms with Gasteiger partial charge in [0.05, 0.1) is 28.6 Å². The Balaban J connectivity index is 0.722. The molecule has 4 aliphatic heterocycles. The minimum absolute atomic E-state index is 0.0471. The molecule has 2 aromatic carbocycles. The number of likely N-dealkylation sites (tertiary alicyclic amines) is 1. The highest BCUT2D eigenvalue weighted by atomic mass is 19.1. The molecule has 2 N–H and O–H groups in total. The van der Waals surface area contributed by atoms with Gasteiger partial charge in [-0.25, -0.2) is 18.6 Å². The van der Waals surface area contributed by atoms with Gasteiger partial charge in [-0.3, -0.25) is 52.9 Å². The number of imidazole rings is 1. The number of nitrogens with one attached hydrogen (secondary N) is 2. The predicted molar refractivity (Wildman–Crippen MR) is 273 cm³/mol. The third-order valence-electron chi connectivity index (χ3n) is 15.9. The van der Waals surface area contributed by atoms with Crippen LogP contribution >= 0.6 is 0 Å². The van der Waals surface area contributed by atoms with E-state index in [9.17, 15) is 28.4 Å². The summed E-state index contributed by atoms with van der Waals surface area (Å²) in [7, 11) is 5.22. The first-order valence-electron chi connectivity index (χ1n) is 25.2. The van der Waals surface area contributed by atoms with Crippen LogP contribution in [0.2, 0.25) is 0 Å². The van der Waals surface area contributed by atoms with Crippen molar-refractivity contribution in [1.29, 1.82) is 0 Å². The number of benzene rings is 2. The quantitative estimate of drug-likeness (QED) is 0.150. The normalized spacial score (nSPS) is 20.3. The molecule has 3 saturated heterocycles. The smallest absolute Gasteiger partial charge is 0.329 e. The van der Waals surface area contributed by atoms with Crippen molar-refractivity contribution in [2.45, 2.75) is 77.5 Å². The number of carbonyl (C=O) groups is 3. The lowest BCUT2D eigenvalue weighted by atomic mass is 9.92. The Labute approximate surface area is 416 Å². The first-order chi connectivity index (χ1) is 34.6. The van der Waals surface area contributed by atoms with Gasteiger partial charge < -0.3 is 14.8 Å². The highest BCUT2D eigenvalue weighted by Gasteiger charge is 2.33. The number of aryl methyl sites for hydroxylation is 3. The fraction of sp³-hybridized carbons (Fsp3) is 0.444. The molecule has 0 unspecified atom stereocenters. The van der Waals surface area contributed by atoms with Gasteiger partial charge in [-0.15, -0.1) is 0 Å². The molecule has 0 saturated carbocycles. The molecule has 378 valence electrons. The first-order valence-corrected chi connectivity index (χ1v) is 25.2. The number of hydrogen-bond donors (Lipinski definition) is 2. The van der Waals surface area contributed by atoms with E-state index in [0.717, 1.165) is 78.9 Å². The monoisotopic (exact) mass is 983 g/mol. The van der Waals surface area contributed by atoms with Crippen molar-refractivity contribution in [1.82, 2.24) is 48.2 Å². The van der Waals surface area contributed by atoms with Crippen molar-refractivity contribution in [3.05, 3.63) is 127 Å². The third-order valence-corrected chi connectivity index (χ3v) is 15.9. The Hall–Kier alpha value is -6.76. The summed E-state index contributed by atoms with van der Waals surface area (Å²) < 4.78 is 37.4. The molecule has 3 fully saturated rings. The maximum atomic E-state index is 16.1. The second-order valence-corrected chi connectivity index (χ2v) is 20.3. The van der Waals surface area contributed by atoms with Crippen LogP contribution in [0.25, 0.3) is 33.3 Å². The van der Waals surface area contributed by atoms with Crippen molar-refractivity contribution in [3.63, 3.8) is 0 Å². The lowest BCUT2D eigenvalue weighted by Gasteiger charge is -2.42. The summed E-state index contributed by atoms with van der Waals surface area (Å²) in [4.78, 5) is 78.4. The van der Waals surface area contributed by atoms with Gasteiger partial charge in [0, 0.05) is 133 Å². The number of piperazine rings is 1. The topological polar surface area (TPSA) is 155 Å². The van der Waals surface area contributed by atoms with E-state index in [-0.39, 0.29) is 47.0 Å². The van der Waals surface area contributed by atoms with Gasteiger partial charge in [0.1, 0.15) is 17.5 Å². The number of anilines is 1. The molecule has 18 heteroatoms. The van der Waals surface area contributed by atoms with Crippen LogP contribution in [-0.2, 0) is 30.2 Å². The van der Waals surface area contributed by atoms with E-state index in [1.807, 2.05) is 53.8 Å². The molecule has 4 aliphatic rings. The number of fused-ring (bicyclic) bond motifs is 2. The number of imide groups is 1. The van der Waals surface area contributed by atoms with E-state index >= 15 is 4.39 Å². The van der Waals surface area contributed by atoms with E-state index in [4.69, 9.17) is 0 Å². The summed E-state index contributed by atoms with van der Waals surface area (Å²) in [6, 6.07) is 13.8. The van der Waals surface area contributed by atoms with Crippen LogP contribution in [0.3, 0.4) is 0 Å². The minimum atomic E-state index is -0.713. The standard InChI is InChI=1S/C54H63F2N11O5/c1-32-23-38(25-40(55)50(32)37-14-19-63(20-15-37)34(3)46-26-39-43(11-16-58-51(39)60(46)5)66-31-41(56)42(57-4)27-49(66)69)53(71)64-17-12-35(13-18-64)30-65-22-21-62(28-33(65)2)29-36-7-8-44-47(24-36)61(6)54(72)67(44)45-9-10-48(68)59-52(45)70/h7-8,11,14,16,23-27,31,33-35,45,57H,9-10,12-13,15,17-22,28-30H2,1-6H3,(H,59,68,70)/t33-,34-,45+/m0/s1. The molecule has 16 nitrogen and oxygen atoms in total. The van der Waals surface area contributed by atoms with Crippen LogP contribution < -0.4 is 21.9 Å². The lowest BCUT2D eigenvalue weighted by molar-refractivity contribution is -0.135. The van der Waals surface area contributed by atoms with E-state index in [2.05, 4.69) is 50.2 Å². The largest absolute Gasteiger partial charge is 0.386 e. The molecule has 0 bridgehead atoms. The molecule has 8 heterocycles. The summed E-state index contributed by atoms with van der Waals surface area (Å²) in [5.41, 5.74) is 6.83. The fourth-order valence-corrected chi connectivity index (χ4v) is 11.8. The molecule has 4 aromatic heterocycles. The van der Waals surface area contributed by atoms with Crippen molar-refractivity contribution in [2.24, 2.45) is 20.0 Å². The van der Waals surface area contributed by atoms with Crippen molar-refractivity contribution >= 4 is 51.0 Å². The average molecular weight is 984 g/mol. The van der Waals surface area contributed by atoms with E-state index in [1.54, 1.807) is 30.9 Å². The van der Waals surface area contributed by atoms with Gasteiger partial charge in [-0.2, -0.15) is 0 Å². The zero-order chi connectivity index (χ0) is 50.7. The number of carbonyl (C=O) groups excluding carboxylic acids is 3. The van der Waals surface area contributed by atoms with Crippen molar-refractivity contribution < 1.29 is 23.2 Å². The van der Waals surface area contributed by atoms with Gasteiger partial charge in [0.15, 0.2) is 5.82 Å².